The Labute approximate surface area is 135 Å². The molecule has 4 N–H and O–H groups in total. The van der Waals surface area contributed by atoms with Crippen LogP contribution >= 0.6 is 0 Å². The Bertz CT molecular complexity index is 581. The number of carboxylic acid groups (broad SMARTS) is 2. The number of piperidine rings is 1. The number of hydrogen-bond donors (Lipinski definition) is 4. The van der Waals surface area contributed by atoms with Crippen LogP contribution in [0.3, 0.4) is 0 Å². The van der Waals surface area contributed by atoms with Crippen molar-refractivity contribution in [2.75, 3.05) is 25.0 Å². The number of anilines is 1. The topological polar surface area (TPSA) is 98.7 Å². The molecule has 1 saturated carbocycles. The fourth-order valence-electron chi connectivity index (χ4n) is 3.06. The Balaban J connectivity index is 0.000000207. The zero-order valence-corrected chi connectivity index (χ0v) is 13.1. The quantitative estimate of drug-likeness (QED) is 0.617. The van der Waals surface area contributed by atoms with Crippen LogP contribution in [0.25, 0.3) is 0 Å². The van der Waals surface area contributed by atoms with Gasteiger partial charge in [-0.1, -0.05) is 12.1 Å². The summed E-state index contributed by atoms with van der Waals surface area (Å²) < 4.78 is 0. The Morgan fingerprint density at radius 3 is 2.26 bits per heavy atom. The second-order valence-electron chi connectivity index (χ2n) is 5.81. The van der Waals surface area contributed by atoms with Gasteiger partial charge in [0.1, 0.15) is 0 Å². The number of nitrogens with one attached hydrogen (secondary N) is 2. The Morgan fingerprint density at radius 1 is 1.26 bits per heavy atom. The largest absolute Gasteiger partial charge is 0.478 e. The van der Waals surface area contributed by atoms with Crippen LogP contribution in [0, 0.1) is 5.92 Å². The molecular formula is C17H22N2O4. The normalized spacial score (nSPS) is 24.5. The van der Waals surface area contributed by atoms with Crippen LogP contribution in [0.1, 0.15) is 18.9 Å². The van der Waals surface area contributed by atoms with Crippen LogP contribution in [0.4, 0.5) is 5.69 Å². The summed E-state index contributed by atoms with van der Waals surface area (Å²) in [6.45, 7) is 5.52. The van der Waals surface area contributed by atoms with E-state index in [4.69, 9.17) is 10.2 Å². The van der Waals surface area contributed by atoms with Gasteiger partial charge in [0.2, 0.25) is 0 Å². The zero-order valence-electron chi connectivity index (χ0n) is 13.1. The lowest BCUT2D eigenvalue weighted by molar-refractivity contribution is -0.134. The number of carbonyl (C=O) groups is 2. The fraction of sp³-hybridized carbons (Fsp3) is 0.412. The molecule has 0 radical (unpaired) electrons. The molecule has 1 aliphatic carbocycles. The molecule has 2 atom stereocenters. The van der Waals surface area contributed by atoms with Crippen LogP contribution in [-0.4, -0.2) is 41.8 Å². The zero-order chi connectivity index (χ0) is 16.9. The van der Waals surface area contributed by atoms with E-state index in [1.807, 2.05) is 0 Å². The summed E-state index contributed by atoms with van der Waals surface area (Å²) >= 11 is 0. The van der Waals surface area contributed by atoms with Crippen molar-refractivity contribution in [3.63, 3.8) is 0 Å². The van der Waals surface area contributed by atoms with Gasteiger partial charge in [-0.05, 0) is 43.5 Å². The number of hydrogen-bond acceptors (Lipinski definition) is 4. The summed E-state index contributed by atoms with van der Waals surface area (Å²) in [5, 5.41) is 22.4. The third-order valence-corrected chi connectivity index (χ3v) is 4.27. The van der Waals surface area contributed by atoms with Crippen molar-refractivity contribution in [2.45, 2.75) is 18.8 Å². The first-order valence-corrected chi connectivity index (χ1v) is 7.67. The van der Waals surface area contributed by atoms with Crippen LogP contribution in [0.2, 0.25) is 0 Å². The van der Waals surface area contributed by atoms with Crippen LogP contribution in [-0.2, 0) is 15.0 Å². The third kappa shape index (κ3) is 4.32. The van der Waals surface area contributed by atoms with Crippen molar-refractivity contribution in [3.05, 3.63) is 42.0 Å². The van der Waals surface area contributed by atoms with Gasteiger partial charge in [-0.15, -0.1) is 0 Å². The van der Waals surface area contributed by atoms with E-state index in [1.165, 1.54) is 30.8 Å². The van der Waals surface area contributed by atoms with Gasteiger partial charge in [-0.3, -0.25) is 0 Å². The van der Waals surface area contributed by atoms with E-state index < -0.39 is 11.9 Å². The van der Waals surface area contributed by atoms with E-state index in [0.29, 0.717) is 17.6 Å². The predicted molar refractivity (Wildman–Crippen MR) is 87.7 cm³/mol. The fourth-order valence-corrected chi connectivity index (χ4v) is 3.06. The maximum absolute atomic E-state index is 9.55. The Kier molecular flexibility index (Phi) is 5.39. The molecule has 23 heavy (non-hydrogen) atoms. The molecule has 2 unspecified atom stereocenters. The highest BCUT2D eigenvalue weighted by atomic mass is 16.4. The van der Waals surface area contributed by atoms with Gasteiger partial charge in [-0.2, -0.15) is 0 Å². The van der Waals surface area contributed by atoms with Crippen LogP contribution in [0.15, 0.2) is 36.4 Å². The van der Waals surface area contributed by atoms with Gasteiger partial charge in [0.25, 0.3) is 0 Å². The minimum absolute atomic E-state index is 0.505. The Hall–Kier alpha value is -2.34. The summed E-state index contributed by atoms with van der Waals surface area (Å²) in [5.74, 6) is -1.61. The highest BCUT2D eigenvalue weighted by molar-refractivity contribution is 5.89. The summed E-state index contributed by atoms with van der Waals surface area (Å²) in [7, 11) is 0. The van der Waals surface area contributed by atoms with E-state index in [0.717, 1.165) is 12.5 Å². The molecule has 0 amide bonds. The molecular weight excluding hydrogens is 296 g/mol. The number of aliphatic carboxylic acids is 2. The molecule has 0 spiro atoms. The van der Waals surface area contributed by atoms with Crippen molar-refractivity contribution in [3.8, 4) is 0 Å². The molecule has 1 saturated heterocycles. The van der Waals surface area contributed by atoms with E-state index >= 15 is 0 Å². The average molecular weight is 318 g/mol. The SMILES string of the molecule is CCNc1ccc(C23CNCC2C3)cc1.O=C(O)C=CC(=O)O. The van der Waals surface area contributed by atoms with Gasteiger partial charge in [-0.25, -0.2) is 9.59 Å². The average Bonchev–Trinajstić information content (AvgIpc) is 3.08. The molecule has 2 aliphatic rings. The highest BCUT2D eigenvalue weighted by Crippen LogP contribution is 2.56. The van der Waals surface area contributed by atoms with Crippen molar-refractivity contribution in [1.29, 1.82) is 0 Å². The second kappa shape index (κ2) is 7.28. The van der Waals surface area contributed by atoms with Gasteiger partial charge < -0.3 is 20.8 Å². The standard InChI is InChI=1S/C13H18N2.C4H4O4/c1-2-15-12-5-3-10(4-6-12)13-7-11(13)8-14-9-13;5-3(6)1-2-4(7)8/h3-6,11,14-15H,2,7-9H2,1H3;1-2H,(H,5,6)(H,7,8). The number of rotatable bonds is 5. The molecule has 6 nitrogen and oxygen atoms in total. The van der Waals surface area contributed by atoms with E-state index in [-0.39, 0.29) is 0 Å². The summed E-state index contributed by atoms with van der Waals surface area (Å²) in [6, 6.07) is 9.01. The van der Waals surface area contributed by atoms with E-state index in [2.05, 4.69) is 41.8 Å². The first kappa shape index (κ1) is 17.0. The Morgan fingerprint density at radius 2 is 1.87 bits per heavy atom. The molecule has 1 heterocycles. The smallest absolute Gasteiger partial charge is 0.328 e. The number of benzene rings is 1. The van der Waals surface area contributed by atoms with E-state index in [1.54, 1.807) is 0 Å². The third-order valence-electron chi connectivity index (χ3n) is 4.27. The summed E-state index contributed by atoms with van der Waals surface area (Å²) in [5.41, 5.74) is 3.27. The van der Waals surface area contributed by atoms with Gasteiger partial charge in [0, 0.05) is 36.3 Å². The molecule has 124 valence electrons. The number of fused-ring (bicyclic) bond motifs is 1. The number of carboxylic acids is 2. The summed E-state index contributed by atoms with van der Waals surface area (Å²) in [6.07, 6.45) is 2.51. The molecule has 6 heteroatoms. The lowest BCUT2D eigenvalue weighted by Crippen LogP contribution is -2.19. The molecule has 0 bridgehead atoms. The first-order valence-electron chi connectivity index (χ1n) is 7.67. The molecule has 1 aromatic carbocycles. The lowest BCUT2D eigenvalue weighted by atomic mass is 9.95. The predicted octanol–water partition coefficient (Wildman–Crippen LogP) is 1.69. The van der Waals surface area contributed by atoms with Crippen molar-refractivity contribution in [2.24, 2.45) is 5.92 Å². The van der Waals surface area contributed by atoms with Crippen molar-refractivity contribution in [1.82, 2.24) is 5.32 Å². The molecule has 1 aromatic rings. The van der Waals surface area contributed by atoms with Crippen LogP contribution in [0.5, 0.6) is 0 Å². The van der Waals surface area contributed by atoms with Gasteiger partial charge >= 0.3 is 11.9 Å². The summed E-state index contributed by atoms with van der Waals surface area (Å²) in [4.78, 5) is 19.1. The van der Waals surface area contributed by atoms with Gasteiger partial charge in [0.15, 0.2) is 0 Å². The van der Waals surface area contributed by atoms with Crippen molar-refractivity contribution < 1.29 is 19.8 Å². The maximum atomic E-state index is 9.55. The van der Waals surface area contributed by atoms with Crippen LogP contribution < -0.4 is 10.6 Å². The minimum Gasteiger partial charge on any atom is -0.478 e. The molecule has 2 fully saturated rings. The molecule has 0 aromatic heterocycles. The monoisotopic (exact) mass is 318 g/mol. The van der Waals surface area contributed by atoms with Crippen molar-refractivity contribution >= 4 is 17.6 Å². The molecule has 1 aliphatic heterocycles. The highest BCUT2D eigenvalue weighted by Gasteiger charge is 2.57. The molecule has 3 rings (SSSR count). The minimum atomic E-state index is -1.26. The lowest BCUT2D eigenvalue weighted by Gasteiger charge is -2.13. The first-order chi connectivity index (χ1) is 11.0. The van der Waals surface area contributed by atoms with Gasteiger partial charge in [0.05, 0.1) is 0 Å². The second-order valence-corrected chi connectivity index (χ2v) is 5.81. The maximum Gasteiger partial charge on any atom is 0.328 e. The van der Waals surface area contributed by atoms with E-state index in [9.17, 15) is 9.59 Å².